The molecule has 0 bridgehead atoms. The van der Waals surface area contributed by atoms with Gasteiger partial charge in [0.2, 0.25) is 0 Å². The maximum absolute atomic E-state index is 6.49. The monoisotopic (exact) mass is 309 g/mol. The van der Waals surface area contributed by atoms with Crippen molar-refractivity contribution in [2.75, 3.05) is 18.0 Å². The lowest BCUT2D eigenvalue weighted by Gasteiger charge is -2.38. The van der Waals surface area contributed by atoms with E-state index in [-0.39, 0.29) is 0 Å². The molecule has 4 heteroatoms. The first-order valence-electron chi connectivity index (χ1n) is 8.09. The Balaban J connectivity index is 2.04. The van der Waals surface area contributed by atoms with Crippen LogP contribution in [0.15, 0.2) is 12.3 Å². The number of aromatic nitrogens is 1. The molecular weight excluding hydrogens is 282 g/mol. The van der Waals surface area contributed by atoms with E-state index in [4.69, 9.17) is 11.6 Å². The highest BCUT2D eigenvalue weighted by molar-refractivity contribution is 6.33. The molecule has 2 heterocycles. The lowest BCUT2D eigenvalue weighted by molar-refractivity contribution is 0.388. The van der Waals surface area contributed by atoms with Gasteiger partial charge in [0, 0.05) is 25.3 Å². The van der Waals surface area contributed by atoms with Gasteiger partial charge in [-0.25, -0.2) is 4.98 Å². The number of nitrogens with one attached hydrogen (secondary N) is 1. The lowest BCUT2D eigenvalue weighted by Crippen LogP contribution is -2.41. The van der Waals surface area contributed by atoms with Gasteiger partial charge in [-0.3, -0.25) is 0 Å². The number of piperidine rings is 1. The van der Waals surface area contributed by atoms with Gasteiger partial charge in [-0.1, -0.05) is 32.4 Å². The predicted molar refractivity (Wildman–Crippen MR) is 91.0 cm³/mol. The summed E-state index contributed by atoms with van der Waals surface area (Å²) in [4.78, 5) is 7.00. The molecule has 1 aliphatic rings. The van der Waals surface area contributed by atoms with Crippen molar-refractivity contribution < 1.29 is 0 Å². The number of hydrogen-bond donors (Lipinski definition) is 1. The average Bonchev–Trinajstić information content (AvgIpc) is 2.42. The molecule has 1 aromatic heterocycles. The molecule has 2 unspecified atom stereocenters. The van der Waals surface area contributed by atoms with Crippen LogP contribution in [0.3, 0.4) is 0 Å². The third kappa shape index (κ3) is 4.58. The topological polar surface area (TPSA) is 28.2 Å². The summed E-state index contributed by atoms with van der Waals surface area (Å²) in [5.74, 6) is 2.32. The van der Waals surface area contributed by atoms with Crippen LogP contribution in [-0.2, 0) is 6.54 Å². The molecule has 2 atom stereocenters. The van der Waals surface area contributed by atoms with E-state index in [0.29, 0.717) is 17.9 Å². The van der Waals surface area contributed by atoms with E-state index >= 15 is 0 Å². The molecule has 1 saturated heterocycles. The maximum Gasteiger partial charge on any atom is 0.147 e. The summed E-state index contributed by atoms with van der Waals surface area (Å²) in [5, 5.41) is 4.21. The molecule has 0 amide bonds. The van der Waals surface area contributed by atoms with Crippen LogP contribution < -0.4 is 10.2 Å². The van der Waals surface area contributed by atoms with Gasteiger partial charge in [-0.05, 0) is 49.8 Å². The Morgan fingerprint density at radius 2 is 2.14 bits per heavy atom. The quantitative estimate of drug-likeness (QED) is 0.887. The zero-order valence-electron chi connectivity index (χ0n) is 13.7. The molecule has 1 N–H and O–H groups in total. The standard InChI is InChI=1S/C17H28ClN3/c1-12(2)8-19-9-15-7-16(18)17(20-10-15)21-11-13(3)5-6-14(21)4/h7,10,12-14,19H,5-6,8-9,11H2,1-4H3. The second-order valence-corrected chi connectivity index (χ2v) is 7.26. The summed E-state index contributed by atoms with van der Waals surface area (Å²) in [7, 11) is 0. The highest BCUT2D eigenvalue weighted by atomic mass is 35.5. The fourth-order valence-electron chi connectivity index (χ4n) is 2.87. The Bertz CT molecular complexity index is 461. The summed E-state index contributed by atoms with van der Waals surface area (Å²) in [6.07, 6.45) is 4.48. The number of anilines is 1. The van der Waals surface area contributed by atoms with Crippen molar-refractivity contribution in [3.8, 4) is 0 Å². The molecule has 0 radical (unpaired) electrons. The highest BCUT2D eigenvalue weighted by Gasteiger charge is 2.25. The summed E-state index contributed by atoms with van der Waals surface area (Å²) >= 11 is 6.49. The first-order valence-corrected chi connectivity index (χ1v) is 8.47. The van der Waals surface area contributed by atoms with Gasteiger partial charge < -0.3 is 10.2 Å². The SMILES string of the molecule is CC(C)CNCc1cnc(N2CC(C)CCC2C)c(Cl)c1. The first kappa shape index (κ1) is 16.6. The molecule has 0 aromatic carbocycles. The van der Waals surface area contributed by atoms with E-state index in [1.807, 2.05) is 6.20 Å². The zero-order valence-corrected chi connectivity index (χ0v) is 14.5. The summed E-state index contributed by atoms with van der Waals surface area (Å²) in [6, 6.07) is 2.58. The highest BCUT2D eigenvalue weighted by Crippen LogP contribution is 2.31. The fourth-order valence-corrected chi connectivity index (χ4v) is 3.16. The third-order valence-corrected chi connectivity index (χ3v) is 4.43. The normalized spacial score (nSPS) is 22.9. The summed E-state index contributed by atoms with van der Waals surface area (Å²) in [5.41, 5.74) is 1.15. The Morgan fingerprint density at radius 1 is 1.38 bits per heavy atom. The van der Waals surface area contributed by atoms with Crippen molar-refractivity contribution in [3.05, 3.63) is 22.8 Å². The van der Waals surface area contributed by atoms with Crippen molar-refractivity contribution in [1.82, 2.24) is 10.3 Å². The minimum absolute atomic E-state index is 0.524. The van der Waals surface area contributed by atoms with Gasteiger partial charge in [-0.2, -0.15) is 0 Å². The molecule has 0 saturated carbocycles. The van der Waals surface area contributed by atoms with E-state index in [1.54, 1.807) is 0 Å². The van der Waals surface area contributed by atoms with Crippen LogP contribution in [0.2, 0.25) is 5.02 Å². The molecule has 0 spiro atoms. The molecular formula is C17H28ClN3. The van der Waals surface area contributed by atoms with Gasteiger partial charge in [0.25, 0.3) is 0 Å². The molecule has 2 rings (SSSR count). The van der Waals surface area contributed by atoms with E-state index in [0.717, 1.165) is 36.0 Å². The Kier molecular flexibility index (Phi) is 5.88. The summed E-state index contributed by atoms with van der Waals surface area (Å²) < 4.78 is 0. The van der Waals surface area contributed by atoms with Crippen molar-refractivity contribution in [2.24, 2.45) is 11.8 Å². The molecule has 21 heavy (non-hydrogen) atoms. The average molecular weight is 310 g/mol. The molecule has 1 aliphatic heterocycles. The van der Waals surface area contributed by atoms with Crippen LogP contribution in [0.5, 0.6) is 0 Å². The van der Waals surface area contributed by atoms with Crippen LogP contribution >= 0.6 is 11.6 Å². The van der Waals surface area contributed by atoms with Gasteiger partial charge in [0.05, 0.1) is 5.02 Å². The van der Waals surface area contributed by atoms with Crippen molar-refractivity contribution in [1.29, 1.82) is 0 Å². The van der Waals surface area contributed by atoms with E-state index in [2.05, 4.69) is 49.0 Å². The largest absolute Gasteiger partial charge is 0.352 e. The molecule has 3 nitrogen and oxygen atoms in total. The van der Waals surface area contributed by atoms with Gasteiger partial charge in [-0.15, -0.1) is 0 Å². The van der Waals surface area contributed by atoms with Crippen molar-refractivity contribution in [2.45, 2.75) is 53.1 Å². The lowest BCUT2D eigenvalue weighted by atomic mass is 9.95. The van der Waals surface area contributed by atoms with Crippen LogP contribution in [-0.4, -0.2) is 24.1 Å². The number of nitrogens with zero attached hydrogens (tertiary/aromatic N) is 2. The fraction of sp³-hybridized carbons (Fsp3) is 0.706. The van der Waals surface area contributed by atoms with Gasteiger partial charge >= 0.3 is 0 Å². The number of pyridine rings is 1. The smallest absolute Gasteiger partial charge is 0.147 e. The van der Waals surface area contributed by atoms with E-state index < -0.39 is 0 Å². The predicted octanol–water partition coefficient (Wildman–Crippen LogP) is 4.11. The molecule has 0 aliphatic carbocycles. The number of hydrogen-bond acceptors (Lipinski definition) is 3. The minimum Gasteiger partial charge on any atom is -0.352 e. The number of halogens is 1. The second kappa shape index (κ2) is 7.46. The third-order valence-electron chi connectivity index (χ3n) is 4.15. The maximum atomic E-state index is 6.49. The Morgan fingerprint density at radius 3 is 2.81 bits per heavy atom. The second-order valence-electron chi connectivity index (χ2n) is 6.86. The Hall–Kier alpha value is -0.800. The van der Waals surface area contributed by atoms with Crippen molar-refractivity contribution in [3.63, 3.8) is 0 Å². The molecule has 118 valence electrons. The van der Waals surface area contributed by atoms with Crippen LogP contribution in [0.1, 0.15) is 46.1 Å². The van der Waals surface area contributed by atoms with Crippen LogP contribution in [0.25, 0.3) is 0 Å². The molecule has 1 fully saturated rings. The first-order chi connectivity index (χ1) is 9.97. The van der Waals surface area contributed by atoms with Gasteiger partial charge in [0.15, 0.2) is 0 Å². The zero-order chi connectivity index (χ0) is 15.4. The van der Waals surface area contributed by atoms with E-state index in [9.17, 15) is 0 Å². The van der Waals surface area contributed by atoms with Gasteiger partial charge in [0.1, 0.15) is 5.82 Å². The molecule has 1 aromatic rings. The number of rotatable bonds is 5. The minimum atomic E-state index is 0.524. The van der Waals surface area contributed by atoms with E-state index in [1.165, 1.54) is 12.8 Å². The van der Waals surface area contributed by atoms with Crippen molar-refractivity contribution >= 4 is 17.4 Å². The Labute approximate surface area is 134 Å². The van der Waals surface area contributed by atoms with Crippen LogP contribution in [0, 0.1) is 11.8 Å². The van der Waals surface area contributed by atoms with Crippen LogP contribution in [0.4, 0.5) is 5.82 Å². The summed E-state index contributed by atoms with van der Waals surface area (Å²) in [6.45, 7) is 11.9.